The van der Waals surface area contributed by atoms with Crippen LogP contribution in [0.2, 0.25) is 0 Å². The number of hydrogen-bond donors (Lipinski definition) is 0. The summed E-state index contributed by atoms with van der Waals surface area (Å²) in [6, 6.07) is 1.01. The third kappa shape index (κ3) is 5.66. The van der Waals surface area contributed by atoms with Crippen LogP contribution in [0, 0.1) is 10.1 Å². The van der Waals surface area contributed by atoms with E-state index in [0.717, 1.165) is 12.3 Å². The monoisotopic (exact) mass is 324 g/mol. The minimum atomic E-state index is -4.48. The average molecular weight is 325 g/mol. The second-order valence-corrected chi connectivity index (χ2v) is 3.50. The Morgan fingerprint density at radius 3 is 2.59 bits per heavy atom. The number of halogens is 4. The summed E-state index contributed by atoms with van der Waals surface area (Å²) in [7, 11) is 0. The summed E-state index contributed by atoms with van der Waals surface area (Å²) >= 11 is 2.82. The van der Waals surface area contributed by atoms with E-state index in [0.29, 0.717) is 0 Å². The fourth-order valence-corrected chi connectivity index (χ4v) is 1.22. The molecule has 0 aliphatic heterocycles. The number of hydrogen-bond acceptors (Lipinski definition) is 4. The molecule has 0 N–H and O–H groups in total. The minimum Gasteiger partial charge on any atom is -1.00 e. The number of nitro groups is 1. The Bertz CT molecular complexity index is 421. The Morgan fingerprint density at radius 1 is 1.59 bits per heavy atom. The molecule has 0 unspecified atom stereocenters. The summed E-state index contributed by atoms with van der Waals surface area (Å²) in [6.07, 6.45) is -3.67. The summed E-state index contributed by atoms with van der Waals surface area (Å²) < 4.78 is 39.7. The summed E-state index contributed by atoms with van der Waals surface area (Å²) in [5.41, 5.74) is -0.341. The first-order valence-corrected chi connectivity index (χ1v) is 4.58. The first-order valence-electron chi connectivity index (χ1n) is 3.79. The predicted molar refractivity (Wildman–Crippen MR) is 51.3 cm³/mol. The van der Waals surface area contributed by atoms with Crippen LogP contribution in [0.5, 0.6) is 5.88 Å². The molecule has 0 saturated carbocycles. The first kappa shape index (κ1) is 16.6. The fourth-order valence-electron chi connectivity index (χ4n) is 0.772. The molecular formula is C7H5BrF3N2NaO3. The van der Waals surface area contributed by atoms with Crippen molar-refractivity contribution >= 4 is 21.6 Å². The van der Waals surface area contributed by atoms with Gasteiger partial charge in [-0.15, -0.1) is 0 Å². The molecule has 0 fully saturated rings. The minimum absolute atomic E-state index is 0. The molecule has 1 heterocycles. The van der Waals surface area contributed by atoms with Crippen LogP contribution in [-0.4, -0.2) is 22.7 Å². The van der Waals surface area contributed by atoms with E-state index in [-0.39, 0.29) is 47.0 Å². The molecule has 1 aromatic rings. The first-order chi connectivity index (χ1) is 7.29. The van der Waals surface area contributed by atoms with Crippen LogP contribution < -0.4 is 34.3 Å². The molecular weight excluding hydrogens is 320 g/mol. The van der Waals surface area contributed by atoms with Crippen molar-refractivity contribution in [1.82, 2.24) is 4.98 Å². The molecule has 0 aliphatic carbocycles. The Morgan fingerprint density at radius 2 is 2.18 bits per heavy atom. The maximum absolute atomic E-state index is 11.8. The number of alkyl halides is 3. The number of aromatic nitrogens is 1. The van der Waals surface area contributed by atoms with Crippen molar-refractivity contribution in [2.75, 3.05) is 6.61 Å². The molecule has 5 nitrogen and oxygen atoms in total. The predicted octanol–water partition coefficient (Wildman–Crippen LogP) is -0.190. The second kappa shape index (κ2) is 6.53. The molecule has 90 valence electrons. The number of nitrogens with zero attached hydrogens (tertiary/aromatic N) is 2. The zero-order valence-corrected chi connectivity index (χ0v) is 12.1. The van der Waals surface area contributed by atoms with E-state index in [1.165, 1.54) is 0 Å². The zero-order valence-electron chi connectivity index (χ0n) is 9.49. The van der Waals surface area contributed by atoms with Crippen molar-refractivity contribution < 1.29 is 53.8 Å². The van der Waals surface area contributed by atoms with Crippen LogP contribution in [0.4, 0.5) is 18.9 Å². The molecule has 0 aliphatic rings. The van der Waals surface area contributed by atoms with Crippen LogP contribution in [0.1, 0.15) is 1.43 Å². The molecule has 0 bridgehead atoms. The standard InChI is InChI=1S/C7H4BrF3N2O3.Na.H/c8-5-1-4(13(14)15)2-12-6(5)16-3-7(9,10)11;;/h1-2H,3H2;;/q;+1;-1. The van der Waals surface area contributed by atoms with E-state index < -0.39 is 17.7 Å². The Balaban J connectivity index is 0. The SMILES string of the molecule is O=[N+]([O-])c1cnc(OCC(F)(F)F)c(Br)c1.[H-].[Na+]. The molecule has 10 heteroatoms. The summed E-state index contributed by atoms with van der Waals surface area (Å²) in [6.45, 7) is -1.50. The molecule has 0 atom stereocenters. The Labute approximate surface area is 125 Å². The van der Waals surface area contributed by atoms with Gasteiger partial charge in [-0.1, -0.05) is 0 Å². The van der Waals surface area contributed by atoms with Gasteiger partial charge in [0.2, 0.25) is 5.88 Å². The van der Waals surface area contributed by atoms with Crippen molar-refractivity contribution in [2.45, 2.75) is 6.18 Å². The maximum atomic E-state index is 11.8. The van der Waals surface area contributed by atoms with Gasteiger partial charge in [-0.3, -0.25) is 10.1 Å². The summed E-state index contributed by atoms with van der Waals surface area (Å²) in [5, 5.41) is 10.3. The van der Waals surface area contributed by atoms with Crippen molar-refractivity contribution in [2.24, 2.45) is 0 Å². The van der Waals surface area contributed by atoms with Crippen molar-refractivity contribution in [3.8, 4) is 5.88 Å². The molecule has 0 saturated heterocycles. The summed E-state index contributed by atoms with van der Waals surface area (Å²) in [5.74, 6) is -0.345. The topological polar surface area (TPSA) is 65.3 Å². The van der Waals surface area contributed by atoms with Gasteiger partial charge in [0.1, 0.15) is 6.20 Å². The van der Waals surface area contributed by atoms with Gasteiger partial charge < -0.3 is 6.16 Å². The van der Waals surface area contributed by atoms with E-state index in [9.17, 15) is 23.3 Å². The summed E-state index contributed by atoms with van der Waals surface area (Å²) in [4.78, 5) is 13.0. The normalized spacial score (nSPS) is 10.6. The van der Waals surface area contributed by atoms with Gasteiger partial charge in [0.05, 0.1) is 9.40 Å². The number of pyridine rings is 1. The molecule has 1 rings (SSSR count). The molecule has 0 radical (unpaired) electrons. The number of ether oxygens (including phenoxy) is 1. The second-order valence-electron chi connectivity index (χ2n) is 2.64. The van der Waals surface area contributed by atoms with E-state index in [2.05, 4.69) is 25.7 Å². The molecule has 17 heavy (non-hydrogen) atoms. The van der Waals surface area contributed by atoms with Crippen LogP contribution in [-0.2, 0) is 0 Å². The van der Waals surface area contributed by atoms with E-state index in [1.54, 1.807) is 0 Å². The number of rotatable bonds is 3. The quantitative estimate of drug-likeness (QED) is 0.439. The van der Waals surface area contributed by atoms with Crippen LogP contribution in [0.25, 0.3) is 0 Å². The Hall–Kier alpha value is -0.380. The third-order valence-electron chi connectivity index (χ3n) is 1.38. The third-order valence-corrected chi connectivity index (χ3v) is 1.94. The van der Waals surface area contributed by atoms with E-state index in [1.807, 2.05) is 0 Å². The van der Waals surface area contributed by atoms with Gasteiger partial charge in [-0.25, -0.2) is 4.98 Å². The van der Waals surface area contributed by atoms with Gasteiger partial charge in [0, 0.05) is 6.07 Å². The molecule has 0 spiro atoms. The van der Waals surface area contributed by atoms with Crippen molar-refractivity contribution in [1.29, 1.82) is 0 Å². The van der Waals surface area contributed by atoms with Crippen LogP contribution >= 0.6 is 15.9 Å². The fraction of sp³-hybridized carbons (Fsp3) is 0.286. The average Bonchev–Trinajstić information content (AvgIpc) is 2.14. The maximum Gasteiger partial charge on any atom is 1.00 e. The van der Waals surface area contributed by atoms with Crippen molar-refractivity contribution in [3.05, 3.63) is 26.9 Å². The molecule has 0 aromatic carbocycles. The van der Waals surface area contributed by atoms with Gasteiger partial charge in [0.25, 0.3) is 5.69 Å². The van der Waals surface area contributed by atoms with Gasteiger partial charge in [0.15, 0.2) is 6.61 Å². The molecule has 0 amide bonds. The van der Waals surface area contributed by atoms with Crippen LogP contribution in [0.15, 0.2) is 16.7 Å². The van der Waals surface area contributed by atoms with Gasteiger partial charge in [-0.2, -0.15) is 13.2 Å². The van der Waals surface area contributed by atoms with Gasteiger partial charge in [-0.05, 0) is 15.9 Å². The largest absolute Gasteiger partial charge is 1.00 e. The van der Waals surface area contributed by atoms with E-state index in [4.69, 9.17) is 0 Å². The van der Waals surface area contributed by atoms with Crippen LogP contribution in [0.3, 0.4) is 0 Å². The smallest absolute Gasteiger partial charge is 1.00 e. The zero-order chi connectivity index (χ0) is 12.3. The van der Waals surface area contributed by atoms with Crippen molar-refractivity contribution in [3.63, 3.8) is 0 Å². The molecule has 1 aromatic heterocycles. The van der Waals surface area contributed by atoms with Gasteiger partial charge >= 0.3 is 35.7 Å². The van der Waals surface area contributed by atoms with E-state index >= 15 is 0 Å². The Kier molecular flexibility index (Phi) is 6.38.